The molecule has 1 amide bonds. The number of hydrogen-bond acceptors (Lipinski definition) is 3. The summed E-state index contributed by atoms with van der Waals surface area (Å²) in [6.45, 7) is 0. The predicted octanol–water partition coefficient (Wildman–Crippen LogP) is 1.92. The lowest BCUT2D eigenvalue weighted by molar-refractivity contribution is 0.0990. The highest BCUT2D eigenvalue weighted by molar-refractivity contribution is 6.05. The molecule has 0 spiro atoms. The van der Waals surface area contributed by atoms with E-state index in [1.165, 1.54) is 23.3 Å². The van der Waals surface area contributed by atoms with Crippen LogP contribution in [0.1, 0.15) is 10.4 Å². The largest absolute Gasteiger partial charge is 0.430 e. The molecule has 1 aromatic carbocycles. The zero-order chi connectivity index (χ0) is 12.3. The minimum atomic E-state index is -0.469. The standard InChI is InChI=1S/C13H11NO3/c1-14(11-5-3-2-4-6-11)13(16)10-7-8-12(15)17-9-10/h2-9H,1H3. The van der Waals surface area contributed by atoms with Gasteiger partial charge >= 0.3 is 5.63 Å². The number of para-hydroxylation sites is 1. The Bertz CT molecular complexity index is 554. The molecule has 0 fully saturated rings. The van der Waals surface area contributed by atoms with Gasteiger partial charge in [0.1, 0.15) is 6.26 Å². The number of rotatable bonds is 2. The molecular weight excluding hydrogens is 218 g/mol. The lowest BCUT2D eigenvalue weighted by Gasteiger charge is -2.16. The van der Waals surface area contributed by atoms with E-state index in [2.05, 4.69) is 4.42 Å². The highest BCUT2D eigenvalue weighted by Gasteiger charge is 2.13. The second kappa shape index (κ2) is 4.65. The van der Waals surface area contributed by atoms with Gasteiger partial charge in [0.15, 0.2) is 0 Å². The third kappa shape index (κ3) is 2.42. The molecule has 0 unspecified atom stereocenters. The van der Waals surface area contributed by atoms with Gasteiger partial charge in [-0.05, 0) is 18.2 Å². The Morgan fingerprint density at radius 1 is 1.12 bits per heavy atom. The molecular formula is C13H11NO3. The number of nitrogens with zero attached hydrogens (tertiary/aromatic N) is 1. The Labute approximate surface area is 98.1 Å². The van der Waals surface area contributed by atoms with Gasteiger partial charge in [-0.2, -0.15) is 0 Å². The molecule has 0 N–H and O–H groups in total. The smallest absolute Gasteiger partial charge is 0.335 e. The van der Waals surface area contributed by atoms with E-state index >= 15 is 0 Å². The fourth-order valence-corrected chi connectivity index (χ4v) is 1.44. The van der Waals surface area contributed by atoms with Crippen LogP contribution in [0.5, 0.6) is 0 Å². The van der Waals surface area contributed by atoms with Crippen molar-refractivity contribution >= 4 is 11.6 Å². The van der Waals surface area contributed by atoms with Gasteiger partial charge in [-0.15, -0.1) is 0 Å². The third-order valence-electron chi connectivity index (χ3n) is 2.40. The van der Waals surface area contributed by atoms with E-state index in [1.807, 2.05) is 30.3 Å². The van der Waals surface area contributed by atoms with Crippen LogP contribution in [0.15, 0.2) is 57.9 Å². The summed E-state index contributed by atoms with van der Waals surface area (Å²) in [7, 11) is 1.67. The van der Waals surface area contributed by atoms with Crippen LogP contribution in [0.25, 0.3) is 0 Å². The fourth-order valence-electron chi connectivity index (χ4n) is 1.44. The van der Waals surface area contributed by atoms with E-state index in [9.17, 15) is 9.59 Å². The molecule has 0 aliphatic rings. The number of benzene rings is 1. The summed E-state index contributed by atoms with van der Waals surface area (Å²) < 4.78 is 4.66. The molecule has 0 atom stereocenters. The molecule has 0 saturated heterocycles. The second-order valence-electron chi connectivity index (χ2n) is 3.54. The van der Waals surface area contributed by atoms with Gasteiger partial charge in [0.25, 0.3) is 5.91 Å². The molecule has 4 heteroatoms. The molecule has 1 aromatic heterocycles. The molecule has 2 aromatic rings. The summed E-state index contributed by atoms with van der Waals surface area (Å²) in [4.78, 5) is 24.3. The number of hydrogen-bond donors (Lipinski definition) is 0. The summed E-state index contributed by atoms with van der Waals surface area (Å²) in [5, 5.41) is 0. The van der Waals surface area contributed by atoms with Crippen LogP contribution in [-0.2, 0) is 0 Å². The quantitative estimate of drug-likeness (QED) is 0.790. The van der Waals surface area contributed by atoms with E-state index in [-0.39, 0.29) is 5.91 Å². The number of amides is 1. The van der Waals surface area contributed by atoms with Gasteiger partial charge < -0.3 is 9.32 Å². The van der Waals surface area contributed by atoms with Crippen LogP contribution in [0, 0.1) is 0 Å². The van der Waals surface area contributed by atoms with E-state index in [1.54, 1.807) is 7.05 Å². The third-order valence-corrected chi connectivity index (χ3v) is 2.40. The fraction of sp³-hybridized carbons (Fsp3) is 0.0769. The Morgan fingerprint density at radius 2 is 1.82 bits per heavy atom. The topological polar surface area (TPSA) is 50.5 Å². The summed E-state index contributed by atoms with van der Waals surface area (Å²) in [5.41, 5.74) is 0.656. The first-order valence-electron chi connectivity index (χ1n) is 5.10. The summed E-state index contributed by atoms with van der Waals surface area (Å²) in [6, 6.07) is 11.9. The van der Waals surface area contributed by atoms with Crippen molar-refractivity contribution in [3.63, 3.8) is 0 Å². The first kappa shape index (κ1) is 11.1. The summed E-state index contributed by atoms with van der Waals surface area (Å²) in [5.74, 6) is -0.222. The van der Waals surface area contributed by atoms with Crippen molar-refractivity contribution in [2.45, 2.75) is 0 Å². The van der Waals surface area contributed by atoms with Crippen LogP contribution in [0.4, 0.5) is 5.69 Å². The first-order valence-corrected chi connectivity index (χ1v) is 5.10. The average Bonchev–Trinajstić information content (AvgIpc) is 2.39. The SMILES string of the molecule is CN(C(=O)c1ccc(=O)oc1)c1ccccc1. The Morgan fingerprint density at radius 3 is 2.41 bits per heavy atom. The molecule has 0 aliphatic carbocycles. The van der Waals surface area contributed by atoms with Crippen molar-refractivity contribution in [2.24, 2.45) is 0 Å². The van der Waals surface area contributed by atoms with Crippen molar-refractivity contribution < 1.29 is 9.21 Å². The summed E-state index contributed by atoms with van der Waals surface area (Å²) in [6.07, 6.45) is 1.17. The van der Waals surface area contributed by atoms with Crippen LogP contribution >= 0.6 is 0 Å². The van der Waals surface area contributed by atoms with Crippen molar-refractivity contribution in [1.82, 2.24) is 0 Å². The van der Waals surface area contributed by atoms with Crippen LogP contribution in [-0.4, -0.2) is 13.0 Å². The zero-order valence-corrected chi connectivity index (χ0v) is 9.29. The van der Waals surface area contributed by atoms with Crippen LogP contribution in [0.2, 0.25) is 0 Å². The van der Waals surface area contributed by atoms with Crippen molar-refractivity contribution in [3.8, 4) is 0 Å². The molecule has 86 valence electrons. The van der Waals surface area contributed by atoms with Gasteiger partial charge in [0.2, 0.25) is 0 Å². The number of anilines is 1. The monoisotopic (exact) mass is 229 g/mol. The second-order valence-corrected chi connectivity index (χ2v) is 3.54. The molecule has 0 saturated carbocycles. The van der Waals surface area contributed by atoms with Gasteiger partial charge in [0, 0.05) is 18.8 Å². The number of carbonyl (C=O) groups excluding carboxylic acids is 1. The maximum Gasteiger partial charge on any atom is 0.335 e. The maximum absolute atomic E-state index is 12.0. The minimum absolute atomic E-state index is 0.222. The molecule has 2 rings (SSSR count). The van der Waals surface area contributed by atoms with E-state index < -0.39 is 5.63 Å². The van der Waals surface area contributed by atoms with E-state index in [0.29, 0.717) is 5.56 Å². The van der Waals surface area contributed by atoms with Crippen molar-refractivity contribution in [2.75, 3.05) is 11.9 Å². The van der Waals surface area contributed by atoms with Gasteiger partial charge in [-0.3, -0.25) is 4.79 Å². The van der Waals surface area contributed by atoms with Crippen LogP contribution < -0.4 is 10.5 Å². The summed E-state index contributed by atoms with van der Waals surface area (Å²) >= 11 is 0. The van der Waals surface area contributed by atoms with E-state index in [4.69, 9.17) is 0 Å². The molecule has 4 nitrogen and oxygen atoms in total. The lowest BCUT2D eigenvalue weighted by Crippen LogP contribution is -2.26. The molecule has 0 radical (unpaired) electrons. The van der Waals surface area contributed by atoms with Crippen molar-refractivity contribution in [1.29, 1.82) is 0 Å². The number of carbonyl (C=O) groups is 1. The highest BCUT2D eigenvalue weighted by atomic mass is 16.4. The maximum atomic E-state index is 12.0. The molecule has 0 bridgehead atoms. The van der Waals surface area contributed by atoms with Crippen LogP contribution in [0.3, 0.4) is 0 Å². The molecule has 1 heterocycles. The van der Waals surface area contributed by atoms with Gasteiger partial charge in [-0.1, -0.05) is 18.2 Å². The lowest BCUT2D eigenvalue weighted by atomic mass is 10.2. The zero-order valence-electron chi connectivity index (χ0n) is 9.29. The van der Waals surface area contributed by atoms with E-state index in [0.717, 1.165) is 5.69 Å². The van der Waals surface area contributed by atoms with Gasteiger partial charge in [0.05, 0.1) is 5.56 Å². The molecule has 0 aliphatic heterocycles. The Balaban J connectivity index is 2.26. The Hall–Kier alpha value is -2.36. The average molecular weight is 229 g/mol. The van der Waals surface area contributed by atoms with Gasteiger partial charge in [-0.25, -0.2) is 4.79 Å². The van der Waals surface area contributed by atoms with Crippen molar-refractivity contribution in [3.05, 3.63) is 64.7 Å². The normalized spacial score (nSPS) is 9.94. The first-order chi connectivity index (χ1) is 8.18. The minimum Gasteiger partial charge on any atom is -0.430 e. The Kier molecular flexibility index (Phi) is 3.05. The molecule has 17 heavy (non-hydrogen) atoms. The predicted molar refractivity (Wildman–Crippen MR) is 64.2 cm³/mol. The highest BCUT2D eigenvalue weighted by Crippen LogP contribution is 2.13.